The highest BCUT2D eigenvalue weighted by Crippen LogP contribution is 2.17. The van der Waals surface area contributed by atoms with Crippen molar-refractivity contribution in [1.29, 1.82) is 0 Å². The molecule has 1 aromatic carbocycles. The molecule has 7 heteroatoms. The Morgan fingerprint density at radius 1 is 1.30 bits per heavy atom. The Morgan fingerprint density at radius 2 is 2.00 bits per heavy atom. The average molecular weight is 295 g/mol. The summed E-state index contributed by atoms with van der Waals surface area (Å²) in [6.45, 7) is 0.0655. The topological polar surface area (TPSA) is 76.3 Å². The predicted molar refractivity (Wildman–Crippen MR) is 81.2 cm³/mol. The highest BCUT2D eigenvalue weighted by atomic mass is 32.2. The maximum absolute atomic E-state index is 11.8. The van der Waals surface area contributed by atoms with Gasteiger partial charge in [0.2, 0.25) is 5.91 Å². The molecular weight excluding hydrogens is 278 g/mol. The molecular formula is C13H17N3O3S. The van der Waals surface area contributed by atoms with Crippen LogP contribution in [0.2, 0.25) is 0 Å². The van der Waals surface area contributed by atoms with Crippen molar-refractivity contribution in [3.63, 3.8) is 0 Å². The predicted octanol–water partition coefficient (Wildman–Crippen LogP) is 0.541. The molecule has 0 spiro atoms. The third-order valence-electron chi connectivity index (χ3n) is 3.02. The SMILES string of the molecule is Cn1c(=O)n(C)c2cc(NC(=O)CSCCO)ccc21. The summed E-state index contributed by atoms with van der Waals surface area (Å²) < 4.78 is 3.11. The third-order valence-corrected chi connectivity index (χ3v) is 3.96. The van der Waals surface area contributed by atoms with Gasteiger partial charge < -0.3 is 10.4 Å². The van der Waals surface area contributed by atoms with E-state index in [1.807, 2.05) is 6.07 Å². The van der Waals surface area contributed by atoms with E-state index in [4.69, 9.17) is 5.11 Å². The van der Waals surface area contributed by atoms with Gasteiger partial charge in [-0.05, 0) is 18.2 Å². The van der Waals surface area contributed by atoms with Crippen LogP contribution in [0.3, 0.4) is 0 Å². The summed E-state index contributed by atoms with van der Waals surface area (Å²) in [6, 6.07) is 5.37. The number of aliphatic hydroxyl groups excluding tert-OH is 1. The molecule has 0 bridgehead atoms. The first-order chi connectivity index (χ1) is 9.54. The van der Waals surface area contributed by atoms with Crippen molar-refractivity contribution < 1.29 is 9.90 Å². The summed E-state index contributed by atoms with van der Waals surface area (Å²) in [7, 11) is 3.42. The van der Waals surface area contributed by atoms with Gasteiger partial charge >= 0.3 is 5.69 Å². The molecule has 2 aromatic rings. The fourth-order valence-corrected chi connectivity index (χ4v) is 2.54. The number of anilines is 1. The van der Waals surface area contributed by atoms with E-state index in [2.05, 4.69) is 5.32 Å². The number of aromatic nitrogens is 2. The molecule has 0 fully saturated rings. The van der Waals surface area contributed by atoms with Crippen LogP contribution in [-0.4, -0.2) is 38.3 Å². The number of amides is 1. The van der Waals surface area contributed by atoms with Gasteiger partial charge in [-0.1, -0.05) is 0 Å². The first-order valence-electron chi connectivity index (χ1n) is 6.18. The number of nitrogens with zero attached hydrogens (tertiary/aromatic N) is 2. The second-order valence-corrected chi connectivity index (χ2v) is 5.53. The zero-order valence-electron chi connectivity index (χ0n) is 11.4. The van der Waals surface area contributed by atoms with Crippen LogP contribution in [0, 0.1) is 0 Å². The number of rotatable bonds is 5. The van der Waals surface area contributed by atoms with Gasteiger partial charge in [-0.25, -0.2) is 4.79 Å². The van der Waals surface area contributed by atoms with Crippen molar-refractivity contribution in [3.8, 4) is 0 Å². The van der Waals surface area contributed by atoms with Gasteiger partial charge in [0.05, 0.1) is 23.4 Å². The van der Waals surface area contributed by atoms with E-state index in [9.17, 15) is 9.59 Å². The highest BCUT2D eigenvalue weighted by molar-refractivity contribution is 7.99. The molecule has 0 saturated carbocycles. The smallest absolute Gasteiger partial charge is 0.328 e. The lowest BCUT2D eigenvalue weighted by molar-refractivity contribution is -0.113. The highest BCUT2D eigenvalue weighted by Gasteiger charge is 2.09. The molecule has 20 heavy (non-hydrogen) atoms. The fourth-order valence-electron chi connectivity index (χ4n) is 2.01. The third kappa shape index (κ3) is 2.88. The zero-order valence-corrected chi connectivity index (χ0v) is 12.2. The summed E-state index contributed by atoms with van der Waals surface area (Å²) in [6.07, 6.45) is 0. The molecule has 0 atom stereocenters. The number of hydrogen-bond donors (Lipinski definition) is 2. The number of nitrogens with one attached hydrogen (secondary N) is 1. The minimum atomic E-state index is -0.122. The largest absolute Gasteiger partial charge is 0.396 e. The molecule has 2 N–H and O–H groups in total. The van der Waals surface area contributed by atoms with Crippen LogP contribution in [0.1, 0.15) is 0 Å². The van der Waals surface area contributed by atoms with E-state index < -0.39 is 0 Å². The number of benzene rings is 1. The standard InChI is InChI=1S/C13H17N3O3S/c1-15-10-4-3-9(7-11(10)16(2)13(15)19)14-12(18)8-20-6-5-17/h3-4,7,17H,5-6,8H2,1-2H3,(H,14,18). The maximum Gasteiger partial charge on any atom is 0.328 e. The summed E-state index contributed by atoms with van der Waals surface area (Å²) in [5, 5.41) is 11.4. The van der Waals surface area contributed by atoms with Crippen LogP contribution < -0.4 is 11.0 Å². The Balaban J connectivity index is 2.18. The van der Waals surface area contributed by atoms with Gasteiger partial charge in [0.1, 0.15) is 0 Å². The maximum atomic E-state index is 11.8. The van der Waals surface area contributed by atoms with Crippen molar-refractivity contribution in [2.45, 2.75) is 0 Å². The quantitative estimate of drug-likeness (QED) is 0.790. The van der Waals surface area contributed by atoms with Crippen LogP contribution in [0.5, 0.6) is 0 Å². The van der Waals surface area contributed by atoms with Crippen molar-refractivity contribution in [2.24, 2.45) is 14.1 Å². The van der Waals surface area contributed by atoms with Crippen molar-refractivity contribution >= 4 is 34.4 Å². The number of hydrogen-bond acceptors (Lipinski definition) is 4. The van der Waals surface area contributed by atoms with E-state index in [0.717, 1.165) is 11.0 Å². The number of carbonyl (C=O) groups excluding carboxylic acids is 1. The Morgan fingerprint density at radius 3 is 2.70 bits per heavy atom. The molecule has 0 saturated heterocycles. The lowest BCUT2D eigenvalue weighted by Gasteiger charge is -2.05. The summed E-state index contributed by atoms with van der Waals surface area (Å²) in [4.78, 5) is 23.5. The second-order valence-electron chi connectivity index (χ2n) is 4.43. The van der Waals surface area contributed by atoms with E-state index in [1.54, 1.807) is 35.4 Å². The molecule has 6 nitrogen and oxygen atoms in total. The number of fused-ring (bicyclic) bond motifs is 1. The Kier molecular flexibility index (Phi) is 4.51. The van der Waals surface area contributed by atoms with Gasteiger partial charge in [0.25, 0.3) is 0 Å². The van der Waals surface area contributed by atoms with E-state index >= 15 is 0 Å². The van der Waals surface area contributed by atoms with Crippen LogP contribution in [0.15, 0.2) is 23.0 Å². The molecule has 108 valence electrons. The number of aryl methyl sites for hydroxylation is 2. The monoisotopic (exact) mass is 295 g/mol. The van der Waals surface area contributed by atoms with Gasteiger partial charge in [-0.3, -0.25) is 13.9 Å². The summed E-state index contributed by atoms with van der Waals surface area (Å²) in [5.41, 5.74) is 2.17. The Labute approximate surface area is 120 Å². The number of carbonyl (C=O) groups is 1. The lowest BCUT2D eigenvalue weighted by atomic mass is 10.2. The van der Waals surface area contributed by atoms with Crippen LogP contribution >= 0.6 is 11.8 Å². The molecule has 0 aliphatic carbocycles. The molecule has 0 aliphatic heterocycles. The molecule has 0 radical (unpaired) electrons. The van der Waals surface area contributed by atoms with E-state index in [-0.39, 0.29) is 18.2 Å². The molecule has 1 amide bonds. The number of imidazole rings is 1. The van der Waals surface area contributed by atoms with Gasteiger partial charge in [-0.15, -0.1) is 11.8 Å². The first kappa shape index (κ1) is 14.7. The first-order valence-corrected chi connectivity index (χ1v) is 7.34. The van der Waals surface area contributed by atoms with Gasteiger partial charge in [0, 0.05) is 25.5 Å². The van der Waals surface area contributed by atoms with Crippen molar-refractivity contribution in [2.75, 3.05) is 23.4 Å². The Bertz CT molecular complexity index is 690. The molecule has 0 aliphatic rings. The summed E-state index contributed by atoms with van der Waals surface area (Å²) in [5.74, 6) is 0.718. The van der Waals surface area contributed by atoms with Crippen molar-refractivity contribution in [1.82, 2.24) is 9.13 Å². The van der Waals surface area contributed by atoms with Crippen LogP contribution in [-0.2, 0) is 18.9 Å². The lowest BCUT2D eigenvalue weighted by Crippen LogP contribution is -2.19. The van der Waals surface area contributed by atoms with E-state index in [1.165, 1.54) is 11.8 Å². The molecule has 0 unspecified atom stereocenters. The zero-order chi connectivity index (χ0) is 14.7. The van der Waals surface area contributed by atoms with E-state index in [0.29, 0.717) is 17.2 Å². The summed E-state index contributed by atoms with van der Waals surface area (Å²) >= 11 is 1.37. The molecule has 1 heterocycles. The normalized spacial score (nSPS) is 10.9. The average Bonchev–Trinajstić information content (AvgIpc) is 2.64. The second kappa shape index (κ2) is 6.15. The Hall–Kier alpha value is -1.73. The van der Waals surface area contributed by atoms with Crippen LogP contribution in [0.4, 0.5) is 5.69 Å². The minimum Gasteiger partial charge on any atom is -0.396 e. The van der Waals surface area contributed by atoms with Gasteiger partial charge in [-0.2, -0.15) is 0 Å². The van der Waals surface area contributed by atoms with Gasteiger partial charge in [0.15, 0.2) is 0 Å². The molecule has 1 aromatic heterocycles. The van der Waals surface area contributed by atoms with Crippen molar-refractivity contribution in [3.05, 3.63) is 28.7 Å². The number of aliphatic hydroxyl groups is 1. The molecule has 2 rings (SSSR count). The fraction of sp³-hybridized carbons (Fsp3) is 0.385. The van der Waals surface area contributed by atoms with Crippen LogP contribution in [0.25, 0.3) is 11.0 Å². The minimum absolute atomic E-state index is 0.0655. The number of thioether (sulfide) groups is 1.